The van der Waals surface area contributed by atoms with Crippen LogP contribution >= 0.6 is 15.9 Å². The molecule has 0 saturated carbocycles. The molecule has 118 valence electrons. The summed E-state index contributed by atoms with van der Waals surface area (Å²) in [6.45, 7) is 0. The molecule has 1 fully saturated rings. The van der Waals surface area contributed by atoms with Crippen LogP contribution in [0.5, 0.6) is 11.5 Å². The largest absolute Gasteiger partial charge is 0.493 e. The molecule has 2 rings (SSSR count). The molecule has 1 aliphatic heterocycles. The second-order valence-electron chi connectivity index (χ2n) is 5.16. The summed E-state index contributed by atoms with van der Waals surface area (Å²) >= 11 is 3.54. The number of methoxy groups -OCH3 is 2. The predicted molar refractivity (Wildman–Crippen MR) is 85.8 cm³/mol. The van der Waals surface area contributed by atoms with Crippen molar-refractivity contribution in [1.82, 2.24) is 5.32 Å². The van der Waals surface area contributed by atoms with Gasteiger partial charge in [0.15, 0.2) is 21.3 Å². The van der Waals surface area contributed by atoms with Crippen LogP contribution in [0.4, 0.5) is 0 Å². The van der Waals surface area contributed by atoms with Gasteiger partial charge in [-0.2, -0.15) is 0 Å². The first-order chi connectivity index (χ1) is 9.91. The first kappa shape index (κ1) is 16.6. The molecule has 1 saturated heterocycles. The van der Waals surface area contributed by atoms with E-state index in [9.17, 15) is 8.42 Å². The van der Waals surface area contributed by atoms with Gasteiger partial charge in [0.05, 0.1) is 25.7 Å². The van der Waals surface area contributed by atoms with Gasteiger partial charge in [0, 0.05) is 10.5 Å². The van der Waals surface area contributed by atoms with E-state index in [1.54, 1.807) is 14.2 Å². The van der Waals surface area contributed by atoms with Crippen LogP contribution in [-0.2, 0) is 9.84 Å². The molecule has 0 aliphatic carbocycles. The van der Waals surface area contributed by atoms with E-state index in [1.807, 2.05) is 19.2 Å². The molecule has 5 nitrogen and oxygen atoms in total. The fourth-order valence-electron chi connectivity index (χ4n) is 2.84. The quantitative estimate of drug-likeness (QED) is 0.851. The topological polar surface area (TPSA) is 64.6 Å². The molecule has 2 atom stereocenters. The monoisotopic (exact) mass is 377 g/mol. The van der Waals surface area contributed by atoms with Crippen LogP contribution in [0.2, 0.25) is 0 Å². The van der Waals surface area contributed by atoms with E-state index in [-0.39, 0.29) is 23.5 Å². The molecule has 7 heteroatoms. The van der Waals surface area contributed by atoms with Crippen LogP contribution in [0.25, 0.3) is 0 Å². The number of benzene rings is 1. The first-order valence-corrected chi connectivity index (χ1v) is 9.32. The smallest absolute Gasteiger partial charge is 0.161 e. The Bertz CT molecular complexity index is 618. The van der Waals surface area contributed by atoms with Gasteiger partial charge in [0.1, 0.15) is 0 Å². The molecule has 1 N–H and O–H groups in total. The number of hydrogen-bond acceptors (Lipinski definition) is 5. The molecular formula is C14H20BrNO4S. The van der Waals surface area contributed by atoms with Crippen molar-refractivity contribution < 1.29 is 17.9 Å². The summed E-state index contributed by atoms with van der Waals surface area (Å²) < 4.78 is 34.9. The summed E-state index contributed by atoms with van der Waals surface area (Å²) in [5, 5.41) is 3.24. The summed E-state index contributed by atoms with van der Waals surface area (Å²) in [6, 6.07) is 3.70. The third-order valence-electron chi connectivity index (χ3n) is 3.89. The number of nitrogens with one attached hydrogen (secondary N) is 1. The van der Waals surface area contributed by atoms with Crippen molar-refractivity contribution in [3.8, 4) is 11.5 Å². The normalized spacial score (nSPS) is 22.0. The van der Waals surface area contributed by atoms with Crippen LogP contribution in [-0.4, -0.2) is 41.2 Å². The average molecular weight is 378 g/mol. The molecule has 0 amide bonds. The molecule has 1 aromatic rings. The molecule has 21 heavy (non-hydrogen) atoms. The van der Waals surface area contributed by atoms with Crippen LogP contribution in [0, 0.1) is 5.92 Å². The number of ether oxygens (including phenoxy) is 2. The molecule has 0 bridgehead atoms. The van der Waals surface area contributed by atoms with Crippen LogP contribution in [0.15, 0.2) is 16.6 Å². The lowest BCUT2D eigenvalue weighted by atomic mass is 9.92. The molecule has 1 aromatic carbocycles. The lowest BCUT2D eigenvalue weighted by molar-refractivity contribution is 0.351. The maximum atomic E-state index is 11.7. The van der Waals surface area contributed by atoms with E-state index in [0.717, 1.165) is 10.0 Å². The highest BCUT2D eigenvalue weighted by molar-refractivity contribution is 9.10. The minimum absolute atomic E-state index is 0.0449. The van der Waals surface area contributed by atoms with Gasteiger partial charge in [-0.05, 0) is 37.1 Å². The highest BCUT2D eigenvalue weighted by Gasteiger charge is 2.35. The highest BCUT2D eigenvalue weighted by atomic mass is 79.9. The number of rotatable bonds is 5. The minimum atomic E-state index is -2.91. The van der Waals surface area contributed by atoms with Gasteiger partial charge in [-0.25, -0.2) is 8.42 Å². The zero-order valence-electron chi connectivity index (χ0n) is 12.3. The Morgan fingerprint density at radius 1 is 1.29 bits per heavy atom. The van der Waals surface area contributed by atoms with E-state index in [0.29, 0.717) is 17.9 Å². The Labute approximate surface area is 134 Å². The van der Waals surface area contributed by atoms with Gasteiger partial charge in [-0.3, -0.25) is 0 Å². The van der Waals surface area contributed by atoms with Gasteiger partial charge >= 0.3 is 0 Å². The Balaban J connectivity index is 2.38. The Kier molecular flexibility index (Phi) is 5.16. The van der Waals surface area contributed by atoms with Gasteiger partial charge in [-0.15, -0.1) is 0 Å². The molecule has 1 heterocycles. The fraction of sp³-hybridized carbons (Fsp3) is 0.571. The Morgan fingerprint density at radius 3 is 2.38 bits per heavy atom. The summed E-state index contributed by atoms with van der Waals surface area (Å²) in [6.07, 6.45) is 0.675. The maximum absolute atomic E-state index is 11.7. The lowest BCUT2D eigenvalue weighted by Crippen LogP contribution is -2.26. The zero-order valence-corrected chi connectivity index (χ0v) is 14.8. The van der Waals surface area contributed by atoms with E-state index in [1.165, 1.54) is 0 Å². The van der Waals surface area contributed by atoms with Crippen LogP contribution in [0.1, 0.15) is 18.0 Å². The predicted octanol–water partition coefficient (Wildman–Crippen LogP) is 2.16. The van der Waals surface area contributed by atoms with Crippen LogP contribution < -0.4 is 14.8 Å². The van der Waals surface area contributed by atoms with Crippen molar-refractivity contribution in [2.75, 3.05) is 32.8 Å². The molecular weight excluding hydrogens is 358 g/mol. The van der Waals surface area contributed by atoms with Crippen molar-refractivity contribution >= 4 is 25.8 Å². The standard InChI is InChI=1S/C14H20BrNO4S/c1-16-14(9-4-5-21(17,18)8-9)10-6-12(19-2)13(20-3)7-11(10)15/h6-7,9,14,16H,4-5,8H2,1-3H3. The zero-order chi connectivity index (χ0) is 15.6. The van der Waals surface area contributed by atoms with Crippen molar-refractivity contribution in [3.05, 3.63) is 22.2 Å². The van der Waals surface area contributed by atoms with Gasteiger partial charge in [0.25, 0.3) is 0 Å². The van der Waals surface area contributed by atoms with Gasteiger partial charge < -0.3 is 14.8 Å². The van der Waals surface area contributed by atoms with Crippen molar-refractivity contribution in [3.63, 3.8) is 0 Å². The van der Waals surface area contributed by atoms with E-state index in [4.69, 9.17) is 9.47 Å². The maximum Gasteiger partial charge on any atom is 0.161 e. The van der Waals surface area contributed by atoms with Gasteiger partial charge in [0.2, 0.25) is 0 Å². The number of halogens is 1. The average Bonchev–Trinajstić information content (AvgIpc) is 2.81. The molecule has 0 radical (unpaired) electrons. The molecule has 0 aromatic heterocycles. The number of hydrogen-bond donors (Lipinski definition) is 1. The van der Waals surface area contributed by atoms with Gasteiger partial charge in [-0.1, -0.05) is 15.9 Å². The molecule has 0 spiro atoms. The summed E-state index contributed by atoms with van der Waals surface area (Å²) in [4.78, 5) is 0. The van der Waals surface area contributed by atoms with E-state index >= 15 is 0 Å². The van der Waals surface area contributed by atoms with E-state index in [2.05, 4.69) is 21.2 Å². The SMILES string of the molecule is CNC(c1cc(OC)c(OC)cc1Br)C1CCS(=O)(=O)C1. The minimum Gasteiger partial charge on any atom is -0.493 e. The summed E-state index contributed by atoms with van der Waals surface area (Å²) in [5.41, 5.74) is 0.984. The van der Waals surface area contributed by atoms with Crippen LogP contribution in [0.3, 0.4) is 0 Å². The van der Waals surface area contributed by atoms with E-state index < -0.39 is 9.84 Å². The molecule has 1 aliphatic rings. The second kappa shape index (κ2) is 6.54. The third kappa shape index (κ3) is 3.52. The Morgan fingerprint density at radius 2 is 1.90 bits per heavy atom. The summed E-state index contributed by atoms with van der Waals surface area (Å²) in [7, 11) is 2.11. The first-order valence-electron chi connectivity index (χ1n) is 6.71. The van der Waals surface area contributed by atoms with Crippen molar-refractivity contribution in [2.45, 2.75) is 12.5 Å². The molecule has 2 unspecified atom stereocenters. The second-order valence-corrected chi connectivity index (χ2v) is 8.24. The fourth-order valence-corrected chi connectivity index (χ4v) is 5.25. The third-order valence-corrected chi connectivity index (χ3v) is 6.37. The number of sulfone groups is 1. The highest BCUT2D eigenvalue weighted by Crippen LogP contribution is 2.40. The van der Waals surface area contributed by atoms with Crippen molar-refractivity contribution in [2.24, 2.45) is 5.92 Å². The Hall–Kier alpha value is -0.790. The van der Waals surface area contributed by atoms with Crippen molar-refractivity contribution in [1.29, 1.82) is 0 Å². The lowest BCUT2D eigenvalue weighted by Gasteiger charge is -2.24. The summed E-state index contributed by atoms with van der Waals surface area (Å²) in [5.74, 6) is 1.83.